The molecule has 7 nitrogen and oxygen atoms in total. The fourth-order valence-corrected chi connectivity index (χ4v) is 5.33. The Kier molecular flexibility index (Phi) is 4.31. The van der Waals surface area contributed by atoms with Gasteiger partial charge in [-0.05, 0) is 28.8 Å². The second-order valence-electron chi connectivity index (χ2n) is 7.75. The molecule has 5 rings (SSSR count). The highest BCUT2D eigenvalue weighted by Gasteiger charge is 2.51. The molecule has 0 unspecified atom stereocenters. The molecular formula is C21H21N3O4S. The number of sulfonamides is 1. The number of hydrogen-bond donors (Lipinski definition) is 0. The molecule has 0 bridgehead atoms. The van der Waals surface area contributed by atoms with Crippen LogP contribution in [0.15, 0.2) is 70.9 Å². The molecule has 150 valence electrons. The number of nitrogens with zero attached hydrogens (tertiary/aromatic N) is 3. The van der Waals surface area contributed by atoms with Crippen LogP contribution in [0.1, 0.15) is 5.56 Å². The molecular weight excluding hydrogens is 390 g/mol. The molecule has 1 aromatic carbocycles. The fraction of sp³-hybridized carbons (Fsp3) is 0.333. The van der Waals surface area contributed by atoms with E-state index in [1.807, 2.05) is 35.2 Å². The number of hydrogen-bond acceptors (Lipinski definition) is 5. The Morgan fingerprint density at radius 3 is 2.17 bits per heavy atom. The van der Waals surface area contributed by atoms with Crippen molar-refractivity contribution < 1.29 is 17.9 Å². The lowest BCUT2D eigenvalue weighted by Gasteiger charge is -2.48. The van der Waals surface area contributed by atoms with E-state index in [-0.39, 0.29) is 10.9 Å². The van der Waals surface area contributed by atoms with Crippen molar-refractivity contribution in [1.29, 1.82) is 0 Å². The first-order valence-electron chi connectivity index (χ1n) is 9.54. The minimum atomic E-state index is -3.55. The van der Waals surface area contributed by atoms with Crippen LogP contribution in [-0.4, -0.2) is 67.9 Å². The minimum Gasteiger partial charge on any atom is -0.378 e. The van der Waals surface area contributed by atoms with Crippen LogP contribution >= 0.6 is 0 Å². The van der Waals surface area contributed by atoms with E-state index in [2.05, 4.69) is 4.98 Å². The van der Waals surface area contributed by atoms with Crippen molar-refractivity contribution in [2.24, 2.45) is 0 Å². The third-order valence-corrected chi connectivity index (χ3v) is 7.67. The van der Waals surface area contributed by atoms with Gasteiger partial charge in [0.05, 0.1) is 13.2 Å². The van der Waals surface area contributed by atoms with Crippen molar-refractivity contribution in [2.75, 3.05) is 39.4 Å². The van der Waals surface area contributed by atoms with Crippen molar-refractivity contribution in [2.45, 2.75) is 10.4 Å². The van der Waals surface area contributed by atoms with Crippen molar-refractivity contribution in [3.63, 3.8) is 0 Å². The fourth-order valence-electron chi connectivity index (χ4n) is 3.97. The Hall–Kier alpha value is -2.55. The van der Waals surface area contributed by atoms with Gasteiger partial charge in [0.2, 0.25) is 5.91 Å². The van der Waals surface area contributed by atoms with Gasteiger partial charge in [-0.1, -0.05) is 36.4 Å². The van der Waals surface area contributed by atoms with E-state index in [9.17, 15) is 13.2 Å². The van der Waals surface area contributed by atoms with Crippen molar-refractivity contribution >= 4 is 15.9 Å². The third kappa shape index (κ3) is 2.90. The van der Waals surface area contributed by atoms with Crippen LogP contribution in [0.5, 0.6) is 0 Å². The molecule has 0 aliphatic carbocycles. The summed E-state index contributed by atoms with van der Waals surface area (Å²) in [7, 11) is -3.55. The van der Waals surface area contributed by atoms with Gasteiger partial charge >= 0.3 is 0 Å². The summed E-state index contributed by atoms with van der Waals surface area (Å²) in [4.78, 5) is 18.9. The van der Waals surface area contributed by atoms with Crippen molar-refractivity contribution in [3.8, 4) is 0 Å². The lowest BCUT2D eigenvalue weighted by Crippen LogP contribution is -2.62. The number of benzene rings is 1. The van der Waals surface area contributed by atoms with Gasteiger partial charge in [-0.25, -0.2) is 13.4 Å². The SMILES string of the molecule is O=C(N1CC(=C2CN(S(=O)(=O)c3ccccn3)C2)C1)C1(c2ccccc2)COC1. The van der Waals surface area contributed by atoms with Gasteiger partial charge in [0.25, 0.3) is 10.0 Å². The van der Waals surface area contributed by atoms with Crippen LogP contribution in [0.2, 0.25) is 0 Å². The van der Waals surface area contributed by atoms with Gasteiger partial charge < -0.3 is 9.64 Å². The van der Waals surface area contributed by atoms with Crippen LogP contribution in [0, 0.1) is 0 Å². The van der Waals surface area contributed by atoms with Gasteiger partial charge in [-0.2, -0.15) is 4.31 Å². The zero-order chi connectivity index (χ0) is 20.1. The molecule has 0 spiro atoms. The van der Waals surface area contributed by atoms with Gasteiger partial charge in [-0.3, -0.25) is 4.79 Å². The summed E-state index contributed by atoms with van der Waals surface area (Å²) >= 11 is 0. The average molecular weight is 411 g/mol. The lowest BCUT2D eigenvalue weighted by atomic mass is 9.76. The summed E-state index contributed by atoms with van der Waals surface area (Å²) in [6.07, 6.45) is 1.48. The maximum Gasteiger partial charge on any atom is 0.261 e. The number of carbonyl (C=O) groups excluding carboxylic acids is 1. The van der Waals surface area contributed by atoms with Crippen molar-refractivity contribution in [1.82, 2.24) is 14.2 Å². The zero-order valence-electron chi connectivity index (χ0n) is 15.8. The number of rotatable bonds is 4. The molecule has 1 amide bonds. The van der Waals surface area contributed by atoms with Crippen LogP contribution in [0.4, 0.5) is 0 Å². The summed E-state index contributed by atoms with van der Waals surface area (Å²) in [6, 6.07) is 14.6. The van der Waals surface area contributed by atoms with E-state index in [1.54, 1.807) is 12.1 Å². The molecule has 0 saturated carbocycles. The smallest absolute Gasteiger partial charge is 0.261 e. The average Bonchev–Trinajstić information content (AvgIpc) is 2.63. The van der Waals surface area contributed by atoms with E-state index < -0.39 is 15.4 Å². The highest BCUT2D eigenvalue weighted by atomic mass is 32.2. The van der Waals surface area contributed by atoms with Crippen LogP contribution in [0.3, 0.4) is 0 Å². The number of amides is 1. The predicted octanol–water partition coefficient (Wildman–Crippen LogP) is 1.19. The Bertz CT molecular complexity index is 1060. The number of carbonyl (C=O) groups is 1. The lowest BCUT2D eigenvalue weighted by molar-refractivity contribution is -0.157. The van der Waals surface area contributed by atoms with Gasteiger partial charge in [0, 0.05) is 32.4 Å². The van der Waals surface area contributed by atoms with E-state index in [4.69, 9.17) is 4.74 Å². The molecule has 0 N–H and O–H groups in total. The zero-order valence-corrected chi connectivity index (χ0v) is 16.6. The van der Waals surface area contributed by atoms with Gasteiger partial charge in [0.15, 0.2) is 5.03 Å². The largest absolute Gasteiger partial charge is 0.378 e. The summed E-state index contributed by atoms with van der Waals surface area (Å²) < 4.78 is 31.9. The van der Waals surface area contributed by atoms with Gasteiger partial charge in [0.1, 0.15) is 5.41 Å². The second-order valence-corrected chi connectivity index (χ2v) is 9.64. The Balaban J connectivity index is 1.24. The topological polar surface area (TPSA) is 79.8 Å². The molecule has 1 aromatic heterocycles. The highest BCUT2D eigenvalue weighted by molar-refractivity contribution is 7.89. The Labute approximate surface area is 169 Å². The first kappa shape index (κ1) is 18.5. The summed E-state index contributed by atoms with van der Waals surface area (Å²) in [5.41, 5.74) is 2.68. The Morgan fingerprint density at radius 2 is 1.59 bits per heavy atom. The molecule has 3 aliphatic heterocycles. The molecule has 3 aliphatic rings. The second kappa shape index (κ2) is 6.76. The first-order chi connectivity index (χ1) is 14.0. The molecule has 0 radical (unpaired) electrons. The first-order valence-corrected chi connectivity index (χ1v) is 11.0. The molecule has 3 fully saturated rings. The maximum absolute atomic E-state index is 13.1. The number of likely N-dealkylation sites (tertiary alicyclic amines) is 1. The standard InChI is InChI=1S/C21H21N3O4S/c25-20(21(14-28-15-21)18-6-2-1-3-7-18)23-10-16(11-23)17-12-24(13-17)29(26,27)19-8-4-5-9-22-19/h1-9H,10-15H2. The summed E-state index contributed by atoms with van der Waals surface area (Å²) in [5.74, 6) is 0.0941. The highest BCUT2D eigenvalue weighted by Crippen LogP contribution is 2.37. The number of ether oxygens (including phenoxy) is 1. The van der Waals surface area contributed by atoms with Crippen molar-refractivity contribution in [3.05, 3.63) is 71.4 Å². The number of pyridine rings is 1. The molecule has 4 heterocycles. The monoisotopic (exact) mass is 411 g/mol. The molecule has 0 atom stereocenters. The Morgan fingerprint density at radius 1 is 0.931 bits per heavy atom. The van der Waals surface area contributed by atoms with Gasteiger partial charge in [-0.15, -0.1) is 0 Å². The molecule has 3 saturated heterocycles. The van der Waals surface area contributed by atoms with E-state index in [0.717, 1.165) is 16.7 Å². The summed E-state index contributed by atoms with van der Waals surface area (Å²) in [6.45, 7) is 2.72. The minimum absolute atomic E-state index is 0.0734. The maximum atomic E-state index is 13.1. The summed E-state index contributed by atoms with van der Waals surface area (Å²) in [5, 5.41) is 0.0734. The van der Waals surface area contributed by atoms with E-state index >= 15 is 0 Å². The van der Waals surface area contributed by atoms with Crippen LogP contribution < -0.4 is 0 Å². The van der Waals surface area contributed by atoms with Crippen LogP contribution in [-0.2, 0) is 25.0 Å². The van der Waals surface area contributed by atoms with Crippen LogP contribution in [0.25, 0.3) is 0 Å². The molecule has 2 aromatic rings. The third-order valence-electron chi connectivity index (χ3n) is 5.96. The quantitative estimate of drug-likeness (QED) is 0.707. The normalized spacial score (nSPS) is 21.2. The molecule has 8 heteroatoms. The predicted molar refractivity (Wildman–Crippen MR) is 106 cm³/mol. The van der Waals surface area contributed by atoms with E-state index in [0.29, 0.717) is 39.4 Å². The van der Waals surface area contributed by atoms with E-state index in [1.165, 1.54) is 16.6 Å². The molecule has 29 heavy (non-hydrogen) atoms. The number of aromatic nitrogens is 1.